The molecule has 2 N–H and O–H groups in total. The third kappa shape index (κ3) is 64.2. The lowest BCUT2D eigenvalue weighted by atomic mass is 10.1. The summed E-state index contributed by atoms with van der Waals surface area (Å²) in [5.74, 6) is 0.509. The fourth-order valence-corrected chi connectivity index (χ4v) is 2.47. The number of aliphatic hydroxyl groups excluding tert-OH is 2. The topological polar surface area (TPSA) is 74.6 Å². The lowest BCUT2D eigenvalue weighted by Crippen LogP contribution is -1.97. The molecule has 0 spiro atoms. The molecule has 0 saturated heterocycles. The van der Waals surface area contributed by atoms with Gasteiger partial charge in [0.05, 0.1) is 12.2 Å². The van der Waals surface area contributed by atoms with Gasteiger partial charge in [0.2, 0.25) is 0 Å². The normalized spacial score (nSPS) is 12.9. The van der Waals surface area contributed by atoms with E-state index >= 15 is 0 Å². The number of carbonyl (C=O) groups excluding carboxylic acids is 2. The summed E-state index contributed by atoms with van der Waals surface area (Å²) in [6, 6.07) is 0. The van der Waals surface area contributed by atoms with Gasteiger partial charge in [-0.05, 0) is 107 Å². The zero-order valence-electron chi connectivity index (χ0n) is 25.9. The molecular formula is C34H64O4. The molecule has 0 aliphatic rings. The first kappa shape index (κ1) is 42.8. The van der Waals surface area contributed by atoms with Gasteiger partial charge in [-0.1, -0.05) is 72.9 Å². The molecule has 0 aromatic rings. The fourth-order valence-electron chi connectivity index (χ4n) is 2.47. The van der Waals surface area contributed by atoms with Crippen LogP contribution in [-0.2, 0) is 9.59 Å². The largest absolute Gasteiger partial charge is 0.393 e. The molecule has 0 fully saturated rings. The van der Waals surface area contributed by atoms with E-state index in [1.54, 1.807) is 20.8 Å². The van der Waals surface area contributed by atoms with E-state index in [9.17, 15) is 9.59 Å². The first-order valence-corrected chi connectivity index (χ1v) is 14.2. The molecule has 0 aliphatic carbocycles. The SMILES string of the molecule is C/C=C/CC(C)=O.C/C=C/CC(C)O.C/C=C\C/C=C\CCCC(C)=O.C/C=C\C/C=C\CCCC(C)O.[HH].[HH]. The van der Waals surface area contributed by atoms with Crippen LogP contribution in [0, 0.1) is 0 Å². The summed E-state index contributed by atoms with van der Waals surface area (Å²) >= 11 is 0. The van der Waals surface area contributed by atoms with Crippen LogP contribution in [0.5, 0.6) is 0 Å². The van der Waals surface area contributed by atoms with Gasteiger partial charge in [0.25, 0.3) is 0 Å². The van der Waals surface area contributed by atoms with Crippen LogP contribution in [0.1, 0.15) is 122 Å². The summed E-state index contributed by atoms with van der Waals surface area (Å²) in [5, 5.41) is 17.6. The van der Waals surface area contributed by atoms with E-state index < -0.39 is 0 Å². The Bertz CT molecular complexity index is 673. The molecule has 0 saturated carbocycles. The zero-order valence-corrected chi connectivity index (χ0v) is 25.9. The predicted molar refractivity (Wildman–Crippen MR) is 173 cm³/mol. The van der Waals surface area contributed by atoms with Crippen molar-refractivity contribution in [2.24, 2.45) is 0 Å². The van der Waals surface area contributed by atoms with Crippen molar-refractivity contribution in [1.29, 1.82) is 0 Å². The number of hydrogen-bond acceptors (Lipinski definition) is 4. The molecule has 0 aromatic heterocycles. The van der Waals surface area contributed by atoms with Crippen LogP contribution in [0.4, 0.5) is 0 Å². The van der Waals surface area contributed by atoms with E-state index in [1.165, 1.54) is 0 Å². The summed E-state index contributed by atoms with van der Waals surface area (Å²) in [6.45, 7) is 14.7. The second-order valence-electron chi connectivity index (χ2n) is 9.06. The second-order valence-corrected chi connectivity index (χ2v) is 9.06. The third-order valence-electron chi connectivity index (χ3n) is 4.60. The minimum atomic E-state index is -0.184. The van der Waals surface area contributed by atoms with E-state index in [1.807, 2.05) is 65.0 Å². The number of rotatable bonds is 16. The first-order valence-electron chi connectivity index (χ1n) is 14.2. The Morgan fingerprint density at radius 3 is 1.42 bits per heavy atom. The number of unbranched alkanes of at least 4 members (excludes halogenated alkanes) is 2. The Morgan fingerprint density at radius 1 is 0.632 bits per heavy atom. The van der Waals surface area contributed by atoms with Gasteiger partial charge in [0.1, 0.15) is 11.6 Å². The van der Waals surface area contributed by atoms with Crippen LogP contribution < -0.4 is 0 Å². The van der Waals surface area contributed by atoms with E-state index in [0.29, 0.717) is 12.8 Å². The summed E-state index contributed by atoms with van der Waals surface area (Å²) in [4.78, 5) is 20.7. The number of ketones is 2. The van der Waals surface area contributed by atoms with Crippen LogP contribution in [0.3, 0.4) is 0 Å². The minimum Gasteiger partial charge on any atom is -0.393 e. The molecular weight excluding hydrogens is 472 g/mol. The Hall–Kier alpha value is -2.30. The highest BCUT2D eigenvalue weighted by atomic mass is 16.3. The Morgan fingerprint density at radius 2 is 1.11 bits per heavy atom. The molecule has 0 radical (unpaired) electrons. The number of allylic oxidation sites excluding steroid dienone is 11. The Balaban J connectivity index is -0.0000000977. The van der Waals surface area contributed by atoms with Gasteiger partial charge in [0, 0.05) is 15.7 Å². The highest BCUT2D eigenvalue weighted by Gasteiger charge is 1.92. The Labute approximate surface area is 239 Å². The number of aliphatic hydroxyl groups is 2. The van der Waals surface area contributed by atoms with Crippen LogP contribution >= 0.6 is 0 Å². The van der Waals surface area contributed by atoms with Crippen molar-refractivity contribution in [3.8, 4) is 0 Å². The Kier molecular flexibility index (Phi) is 44.1. The average Bonchev–Trinajstić information content (AvgIpc) is 2.86. The van der Waals surface area contributed by atoms with Crippen molar-refractivity contribution in [2.45, 2.75) is 132 Å². The molecule has 0 aromatic carbocycles. The third-order valence-corrected chi connectivity index (χ3v) is 4.60. The highest BCUT2D eigenvalue weighted by Crippen LogP contribution is 2.01. The smallest absolute Gasteiger partial charge is 0.133 e. The molecule has 4 heteroatoms. The maximum absolute atomic E-state index is 10.5. The number of carbonyl (C=O) groups is 2. The minimum absolute atomic E-state index is 0. The summed E-state index contributed by atoms with van der Waals surface area (Å²) in [5.41, 5.74) is 0. The fraction of sp³-hybridized carbons (Fsp3) is 0.588. The molecule has 0 heterocycles. The van der Waals surface area contributed by atoms with Gasteiger partial charge in [-0.25, -0.2) is 0 Å². The molecule has 0 rings (SSSR count). The summed E-state index contributed by atoms with van der Waals surface area (Å²) in [6.07, 6.45) is 33.5. The van der Waals surface area contributed by atoms with Crippen LogP contribution in [0.25, 0.3) is 0 Å². The molecule has 38 heavy (non-hydrogen) atoms. The van der Waals surface area contributed by atoms with Crippen LogP contribution in [0.2, 0.25) is 0 Å². The molecule has 224 valence electrons. The molecule has 4 nitrogen and oxygen atoms in total. The first-order chi connectivity index (χ1) is 18.1. The van der Waals surface area contributed by atoms with Crippen LogP contribution in [0.15, 0.2) is 72.9 Å². The molecule has 0 amide bonds. The molecule has 2 atom stereocenters. The zero-order chi connectivity index (χ0) is 29.9. The summed E-state index contributed by atoms with van der Waals surface area (Å²) < 4.78 is 0. The molecule has 0 aliphatic heterocycles. The molecule has 2 unspecified atom stereocenters. The predicted octanol–water partition coefficient (Wildman–Crippen LogP) is 9.70. The highest BCUT2D eigenvalue weighted by molar-refractivity contribution is 5.76. The van der Waals surface area contributed by atoms with Crippen molar-refractivity contribution in [2.75, 3.05) is 0 Å². The monoisotopic (exact) mass is 536 g/mol. The van der Waals surface area contributed by atoms with Gasteiger partial charge in [-0.3, -0.25) is 4.79 Å². The van der Waals surface area contributed by atoms with Crippen molar-refractivity contribution >= 4 is 11.6 Å². The van der Waals surface area contributed by atoms with Gasteiger partial charge in [0.15, 0.2) is 0 Å². The van der Waals surface area contributed by atoms with E-state index in [0.717, 1.165) is 51.4 Å². The van der Waals surface area contributed by atoms with E-state index in [-0.39, 0.29) is 26.6 Å². The number of hydrogen-bond donors (Lipinski definition) is 2. The van der Waals surface area contributed by atoms with Crippen molar-refractivity contribution < 1.29 is 22.7 Å². The lowest BCUT2D eigenvalue weighted by Gasteiger charge is -1.99. The van der Waals surface area contributed by atoms with Gasteiger partial charge in [-0.15, -0.1) is 0 Å². The van der Waals surface area contributed by atoms with Crippen molar-refractivity contribution in [3.05, 3.63) is 72.9 Å². The standard InChI is InChI=1S/C11H20O.C11H18O.C6H12O.C6H10O.2H2/c2*1-3-4-5-6-7-8-9-10-11(2)12;2*1-3-4-5-6(2)7;;/h3-4,6-7,11-12H,5,8-10H2,1-2H3;3-4,6-7H,5,8-10H2,1-2H3;3-4,6-7H,5H2,1-2H3;3-4H,5H2,1-2H3;2*1H/b2*4-3-,7-6-;2*4-3+;;. The maximum Gasteiger partial charge on any atom is 0.133 e. The average molecular weight is 537 g/mol. The quantitative estimate of drug-likeness (QED) is 0.152. The van der Waals surface area contributed by atoms with Gasteiger partial charge < -0.3 is 15.0 Å². The summed E-state index contributed by atoms with van der Waals surface area (Å²) in [7, 11) is 0. The molecule has 0 bridgehead atoms. The maximum atomic E-state index is 10.5. The van der Waals surface area contributed by atoms with Crippen molar-refractivity contribution in [1.82, 2.24) is 0 Å². The van der Waals surface area contributed by atoms with Gasteiger partial charge >= 0.3 is 0 Å². The number of Topliss-reactive ketones (excluding diaryl/α,β-unsaturated/α-hetero) is 2. The van der Waals surface area contributed by atoms with E-state index in [2.05, 4.69) is 42.5 Å². The lowest BCUT2D eigenvalue weighted by molar-refractivity contribution is -0.117. The second kappa shape index (κ2) is 39.2. The van der Waals surface area contributed by atoms with E-state index in [4.69, 9.17) is 10.2 Å². The van der Waals surface area contributed by atoms with Crippen molar-refractivity contribution in [3.63, 3.8) is 0 Å². The van der Waals surface area contributed by atoms with Gasteiger partial charge in [-0.2, -0.15) is 0 Å². The van der Waals surface area contributed by atoms with Crippen LogP contribution in [-0.4, -0.2) is 34.0 Å².